The Bertz CT molecular complexity index is 59.8. The SMILES string of the molecule is O=CC(=O)O.[Ag]. The molecule has 1 radical (unpaired) electrons. The molecule has 0 aromatic carbocycles. The van der Waals surface area contributed by atoms with Crippen LogP contribution in [-0.2, 0) is 32.0 Å². The summed E-state index contributed by atoms with van der Waals surface area (Å²) in [6, 6.07) is 0. The molecule has 0 atom stereocenters. The fraction of sp³-hybridized carbons (Fsp3) is 0. The van der Waals surface area contributed by atoms with Crippen LogP contribution in [-0.4, -0.2) is 17.4 Å². The van der Waals surface area contributed by atoms with Crippen LogP contribution in [0.2, 0.25) is 0 Å². The molecule has 0 saturated heterocycles. The average molecular weight is 182 g/mol. The van der Waals surface area contributed by atoms with Crippen LogP contribution in [0.5, 0.6) is 0 Å². The Kier molecular flexibility index (Phi) is 7.57. The van der Waals surface area contributed by atoms with Gasteiger partial charge in [-0.2, -0.15) is 0 Å². The molecule has 0 aromatic heterocycles. The summed E-state index contributed by atoms with van der Waals surface area (Å²) in [7, 11) is 0. The standard InChI is InChI=1S/C2H2O3.Ag/c3-1-2(4)5;/h1H,(H,4,5);. The predicted octanol–water partition coefficient (Wildman–Crippen LogP) is -0.733. The van der Waals surface area contributed by atoms with E-state index in [1.165, 1.54) is 0 Å². The first-order valence-corrected chi connectivity index (χ1v) is 0.952. The largest absolute Gasteiger partial charge is 0.476 e. The van der Waals surface area contributed by atoms with E-state index in [1.807, 2.05) is 0 Å². The van der Waals surface area contributed by atoms with Crippen LogP contribution < -0.4 is 0 Å². The molecule has 0 fully saturated rings. The molecule has 0 aliphatic rings. The summed E-state index contributed by atoms with van der Waals surface area (Å²) < 4.78 is 0. The molecule has 0 aliphatic carbocycles. The first kappa shape index (κ1) is 9.30. The Hall–Kier alpha value is -0.120. The molecule has 0 aromatic rings. The summed E-state index contributed by atoms with van der Waals surface area (Å²) in [6.07, 6.45) is -0.167. The van der Waals surface area contributed by atoms with Crippen molar-refractivity contribution in [2.45, 2.75) is 0 Å². The average Bonchev–Trinajstić information content (AvgIpc) is 1.38. The van der Waals surface area contributed by atoms with Crippen molar-refractivity contribution in [2.24, 2.45) is 0 Å². The van der Waals surface area contributed by atoms with Crippen LogP contribution in [0, 0.1) is 0 Å². The van der Waals surface area contributed by atoms with Gasteiger partial charge in [-0.1, -0.05) is 0 Å². The molecular weight excluding hydrogens is 180 g/mol. The molecule has 6 heavy (non-hydrogen) atoms. The van der Waals surface area contributed by atoms with Gasteiger partial charge in [-0.05, 0) is 0 Å². The number of carbonyl (C=O) groups is 2. The first-order valence-electron chi connectivity index (χ1n) is 0.952. The molecule has 0 rings (SSSR count). The molecular formula is C2H2AgO3. The van der Waals surface area contributed by atoms with Crippen molar-refractivity contribution >= 4 is 12.3 Å². The topological polar surface area (TPSA) is 54.4 Å². The second-order valence-electron chi connectivity index (χ2n) is 0.456. The predicted molar refractivity (Wildman–Crippen MR) is 13.7 cm³/mol. The number of carboxylic acid groups (broad SMARTS) is 1. The molecule has 0 amide bonds. The summed E-state index contributed by atoms with van der Waals surface area (Å²) >= 11 is 0. The van der Waals surface area contributed by atoms with Gasteiger partial charge in [0.2, 0.25) is 6.29 Å². The number of rotatable bonds is 1. The molecule has 0 heterocycles. The molecule has 4 heteroatoms. The van der Waals surface area contributed by atoms with Crippen molar-refractivity contribution < 1.29 is 37.1 Å². The maximum atomic E-state index is 9.00. The summed E-state index contributed by atoms with van der Waals surface area (Å²) in [4.78, 5) is 17.9. The first-order chi connectivity index (χ1) is 2.27. The van der Waals surface area contributed by atoms with Crippen LogP contribution >= 0.6 is 0 Å². The van der Waals surface area contributed by atoms with Crippen LogP contribution in [0.3, 0.4) is 0 Å². The van der Waals surface area contributed by atoms with Crippen molar-refractivity contribution in [3.63, 3.8) is 0 Å². The zero-order valence-electron chi connectivity index (χ0n) is 2.64. The summed E-state index contributed by atoms with van der Waals surface area (Å²) in [5.74, 6) is -1.43. The number of aldehydes is 1. The minimum absolute atomic E-state index is 0. The molecule has 0 bridgehead atoms. The van der Waals surface area contributed by atoms with Crippen molar-refractivity contribution in [2.75, 3.05) is 0 Å². The molecule has 0 spiro atoms. The number of carboxylic acids is 1. The number of hydrogen-bond donors (Lipinski definition) is 1. The number of aliphatic carboxylic acids is 1. The van der Waals surface area contributed by atoms with E-state index < -0.39 is 5.97 Å². The van der Waals surface area contributed by atoms with Gasteiger partial charge in [0.25, 0.3) is 0 Å². The van der Waals surface area contributed by atoms with Gasteiger partial charge in [-0.25, -0.2) is 4.79 Å². The van der Waals surface area contributed by atoms with Crippen LogP contribution in [0.1, 0.15) is 0 Å². The quantitative estimate of drug-likeness (QED) is 0.330. The molecule has 39 valence electrons. The molecule has 0 aliphatic heterocycles. The maximum absolute atomic E-state index is 9.00. The monoisotopic (exact) mass is 181 g/mol. The Balaban J connectivity index is 0. The van der Waals surface area contributed by atoms with Gasteiger partial charge >= 0.3 is 5.97 Å². The van der Waals surface area contributed by atoms with Gasteiger partial charge in [0, 0.05) is 22.4 Å². The zero-order valence-corrected chi connectivity index (χ0v) is 4.12. The molecule has 3 nitrogen and oxygen atoms in total. The van der Waals surface area contributed by atoms with Gasteiger partial charge in [0.05, 0.1) is 0 Å². The Morgan fingerprint density at radius 3 is 1.83 bits per heavy atom. The van der Waals surface area contributed by atoms with Gasteiger partial charge < -0.3 is 5.11 Å². The summed E-state index contributed by atoms with van der Waals surface area (Å²) in [5.41, 5.74) is 0. The minimum atomic E-state index is -1.43. The van der Waals surface area contributed by atoms with E-state index in [4.69, 9.17) is 14.7 Å². The van der Waals surface area contributed by atoms with Crippen molar-refractivity contribution in [1.82, 2.24) is 0 Å². The van der Waals surface area contributed by atoms with E-state index >= 15 is 0 Å². The van der Waals surface area contributed by atoms with Gasteiger partial charge in [-0.3, -0.25) is 4.79 Å². The van der Waals surface area contributed by atoms with E-state index in [9.17, 15) is 0 Å². The minimum Gasteiger partial charge on any atom is -0.476 e. The zero-order chi connectivity index (χ0) is 4.28. The third-order valence-corrected chi connectivity index (χ3v) is 0.101. The van der Waals surface area contributed by atoms with Gasteiger partial charge in [0.15, 0.2) is 0 Å². The summed E-state index contributed by atoms with van der Waals surface area (Å²) in [5, 5.41) is 7.35. The van der Waals surface area contributed by atoms with Crippen molar-refractivity contribution in [1.29, 1.82) is 0 Å². The third kappa shape index (κ3) is 9.11. The third-order valence-electron chi connectivity index (χ3n) is 0.101. The number of carbonyl (C=O) groups excluding carboxylic acids is 1. The molecule has 0 unspecified atom stereocenters. The molecule has 1 N–H and O–H groups in total. The van der Waals surface area contributed by atoms with Crippen molar-refractivity contribution in [3.8, 4) is 0 Å². The Labute approximate surface area is 49.9 Å². The smallest absolute Gasteiger partial charge is 0.368 e. The van der Waals surface area contributed by atoms with Gasteiger partial charge in [-0.15, -0.1) is 0 Å². The van der Waals surface area contributed by atoms with Gasteiger partial charge in [0.1, 0.15) is 0 Å². The van der Waals surface area contributed by atoms with Crippen LogP contribution in [0.15, 0.2) is 0 Å². The Morgan fingerprint density at radius 2 is 1.83 bits per heavy atom. The van der Waals surface area contributed by atoms with E-state index in [0.717, 1.165) is 0 Å². The van der Waals surface area contributed by atoms with Crippen LogP contribution in [0.25, 0.3) is 0 Å². The summed E-state index contributed by atoms with van der Waals surface area (Å²) in [6.45, 7) is 0. The second kappa shape index (κ2) is 4.88. The van der Waals surface area contributed by atoms with E-state index in [-0.39, 0.29) is 28.7 Å². The second-order valence-corrected chi connectivity index (χ2v) is 0.456. The van der Waals surface area contributed by atoms with Crippen LogP contribution in [0.4, 0.5) is 0 Å². The van der Waals surface area contributed by atoms with E-state index in [0.29, 0.717) is 0 Å². The maximum Gasteiger partial charge on any atom is 0.368 e. The van der Waals surface area contributed by atoms with Crippen molar-refractivity contribution in [3.05, 3.63) is 0 Å². The fourth-order valence-electron chi connectivity index (χ4n) is 0. The normalized spacial score (nSPS) is 5.33. The number of hydrogen-bond acceptors (Lipinski definition) is 2. The fourth-order valence-corrected chi connectivity index (χ4v) is 0. The van der Waals surface area contributed by atoms with E-state index in [2.05, 4.69) is 0 Å². The Morgan fingerprint density at radius 1 is 1.67 bits per heavy atom. The van der Waals surface area contributed by atoms with E-state index in [1.54, 1.807) is 0 Å². The molecule has 0 saturated carbocycles.